The molecule has 3 unspecified atom stereocenters. The average molecular weight is 573 g/mol. The Hall–Kier alpha value is -3.06. The van der Waals surface area contributed by atoms with Crippen molar-refractivity contribution in [3.8, 4) is 0 Å². The minimum Gasteiger partial charge on any atom is -0.393 e. The second-order valence-corrected chi connectivity index (χ2v) is 13.0. The van der Waals surface area contributed by atoms with Crippen LogP contribution in [0.4, 0.5) is 22.0 Å². The number of nitrogens with two attached hydrogens (primary N) is 1. The number of hydrogen-bond donors (Lipinski definition) is 2. The summed E-state index contributed by atoms with van der Waals surface area (Å²) in [5, 5.41) is 10.2. The second-order valence-electron chi connectivity index (χ2n) is 11.0. The Balaban J connectivity index is 1.56. The minimum atomic E-state index is -5.11. The molecule has 0 spiro atoms. The topological polar surface area (TPSA) is 118 Å². The van der Waals surface area contributed by atoms with Gasteiger partial charge in [-0.05, 0) is 73.9 Å². The van der Waals surface area contributed by atoms with Crippen LogP contribution in [-0.4, -0.2) is 54.2 Å². The molecule has 2 saturated carbocycles. The number of sulfone groups is 1. The maximum absolute atomic E-state index is 15.1. The summed E-state index contributed by atoms with van der Waals surface area (Å²) in [5.74, 6) is -4.68. The summed E-state index contributed by atoms with van der Waals surface area (Å²) in [6.07, 6.45) is -4.73. The number of nitrogens with zero attached hydrogens (tertiary/aromatic N) is 1. The summed E-state index contributed by atoms with van der Waals surface area (Å²) in [4.78, 5) is 27.3. The van der Waals surface area contributed by atoms with Gasteiger partial charge in [0.1, 0.15) is 17.7 Å². The second kappa shape index (κ2) is 8.72. The smallest absolute Gasteiger partial charge is 0.393 e. The van der Waals surface area contributed by atoms with Crippen LogP contribution in [0.1, 0.15) is 53.6 Å². The van der Waals surface area contributed by atoms with Crippen molar-refractivity contribution in [1.29, 1.82) is 0 Å². The standard InChI is InChI=1S/C26H25F5N2O5S/c1-39(37,38)16-4-2-3-13(5-16)23(36)33-21(22(32)35)6-14-9-25(14,33)12-24(10-15(34)11-24)17-7-20(28)18(8-19(17)27)26(29,30)31/h2-5,7-8,14-15,21,34H,6,9-12H2,1H3,(H2,32,35). The van der Waals surface area contributed by atoms with E-state index in [1.54, 1.807) is 0 Å². The van der Waals surface area contributed by atoms with Gasteiger partial charge in [-0.25, -0.2) is 17.2 Å². The number of halogens is 5. The van der Waals surface area contributed by atoms with Gasteiger partial charge >= 0.3 is 6.18 Å². The molecule has 3 aliphatic rings. The number of carbonyl (C=O) groups excluding carboxylic acids is 2. The third kappa shape index (κ3) is 4.48. The first kappa shape index (κ1) is 27.5. The van der Waals surface area contributed by atoms with E-state index >= 15 is 4.39 Å². The number of primary amides is 1. The Morgan fingerprint density at radius 1 is 1.10 bits per heavy atom. The molecule has 2 aromatic carbocycles. The highest BCUT2D eigenvalue weighted by atomic mass is 32.2. The van der Waals surface area contributed by atoms with E-state index < -0.39 is 68.1 Å². The van der Waals surface area contributed by atoms with Gasteiger partial charge in [0.2, 0.25) is 5.91 Å². The molecule has 3 fully saturated rings. The number of rotatable bonds is 6. The van der Waals surface area contributed by atoms with Gasteiger partial charge in [0.05, 0.1) is 16.6 Å². The van der Waals surface area contributed by atoms with Gasteiger partial charge in [-0.1, -0.05) is 6.07 Å². The number of likely N-dealkylation sites (tertiary alicyclic amines) is 1. The summed E-state index contributed by atoms with van der Waals surface area (Å²) in [5.41, 5.74) is 1.12. The third-order valence-corrected chi connectivity index (χ3v) is 9.50. The van der Waals surface area contributed by atoms with Gasteiger partial charge in [-0.2, -0.15) is 13.2 Å². The Bertz CT molecular complexity index is 1490. The van der Waals surface area contributed by atoms with Gasteiger partial charge in [0, 0.05) is 22.8 Å². The summed E-state index contributed by atoms with van der Waals surface area (Å²) in [7, 11) is -3.67. The minimum absolute atomic E-state index is 0.0226. The Kier molecular flexibility index (Phi) is 6.15. The Labute approximate surface area is 220 Å². The summed E-state index contributed by atoms with van der Waals surface area (Å²) in [6, 6.07) is 4.78. The number of alkyl halides is 3. The molecule has 13 heteroatoms. The van der Waals surface area contributed by atoms with Crippen LogP contribution >= 0.6 is 0 Å². The van der Waals surface area contributed by atoms with E-state index in [4.69, 9.17) is 5.73 Å². The summed E-state index contributed by atoms with van der Waals surface area (Å²) < 4.78 is 93.2. The SMILES string of the molecule is CS(=O)(=O)c1cccc(C(=O)N2C(C(N)=O)CC3CC32CC2(c3cc(F)c(C(F)(F)F)cc3F)CC(O)C2)c1. The van der Waals surface area contributed by atoms with Crippen LogP contribution in [0.15, 0.2) is 41.3 Å². The molecule has 1 heterocycles. The van der Waals surface area contributed by atoms with Crippen LogP contribution in [0.2, 0.25) is 0 Å². The van der Waals surface area contributed by atoms with Crippen LogP contribution in [0, 0.1) is 17.6 Å². The van der Waals surface area contributed by atoms with Crippen molar-refractivity contribution in [1.82, 2.24) is 4.90 Å². The zero-order chi connectivity index (χ0) is 28.7. The largest absolute Gasteiger partial charge is 0.419 e. The number of aliphatic hydroxyl groups excluding tert-OH is 1. The van der Waals surface area contributed by atoms with E-state index in [9.17, 15) is 40.7 Å². The number of carbonyl (C=O) groups is 2. The van der Waals surface area contributed by atoms with Gasteiger partial charge in [-0.15, -0.1) is 0 Å². The lowest BCUT2D eigenvalue weighted by atomic mass is 9.59. The molecule has 0 aromatic heterocycles. The molecule has 0 bridgehead atoms. The van der Waals surface area contributed by atoms with Crippen molar-refractivity contribution in [3.63, 3.8) is 0 Å². The van der Waals surface area contributed by atoms with Crippen molar-refractivity contribution in [2.75, 3.05) is 6.26 Å². The molecule has 2 aliphatic carbocycles. The predicted octanol–water partition coefficient (Wildman–Crippen LogP) is 3.33. The molecule has 2 amide bonds. The van der Waals surface area contributed by atoms with Gasteiger partial charge in [-0.3, -0.25) is 9.59 Å². The molecule has 210 valence electrons. The fraction of sp³-hybridized carbons (Fsp3) is 0.462. The lowest BCUT2D eigenvalue weighted by Crippen LogP contribution is -2.55. The first-order valence-electron chi connectivity index (χ1n) is 12.2. The number of aliphatic hydroxyl groups is 1. The molecular weight excluding hydrogens is 547 g/mol. The zero-order valence-corrected chi connectivity index (χ0v) is 21.5. The first-order valence-corrected chi connectivity index (χ1v) is 14.1. The van der Waals surface area contributed by atoms with Crippen molar-refractivity contribution in [2.45, 2.75) is 66.3 Å². The molecule has 39 heavy (non-hydrogen) atoms. The molecule has 7 nitrogen and oxygen atoms in total. The van der Waals surface area contributed by atoms with Crippen molar-refractivity contribution in [2.24, 2.45) is 11.7 Å². The van der Waals surface area contributed by atoms with E-state index in [-0.39, 0.29) is 53.7 Å². The first-order chi connectivity index (χ1) is 18.0. The Morgan fingerprint density at radius 2 is 1.77 bits per heavy atom. The molecule has 5 rings (SSSR count). The molecule has 1 aliphatic heterocycles. The number of benzene rings is 2. The fourth-order valence-electron chi connectivity index (χ4n) is 6.60. The normalized spacial score (nSPS) is 30.0. The van der Waals surface area contributed by atoms with E-state index in [0.717, 1.165) is 6.26 Å². The number of piperidine rings is 1. The van der Waals surface area contributed by atoms with E-state index in [2.05, 4.69) is 0 Å². The lowest BCUT2D eigenvalue weighted by Gasteiger charge is -2.49. The van der Waals surface area contributed by atoms with Gasteiger partial charge in [0.15, 0.2) is 9.84 Å². The van der Waals surface area contributed by atoms with Crippen LogP contribution in [0.3, 0.4) is 0 Å². The maximum atomic E-state index is 15.1. The average Bonchev–Trinajstić information content (AvgIpc) is 3.39. The lowest BCUT2D eigenvalue weighted by molar-refractivity contribution is -0.140. The summed E-state index contributed by atoms with van der Waals surface area (Å²) in [6.45, 7) is 0. The molecular formula is C26H25F5N2O5S. The quantitative estimate of drug-likeness (QED) is 0.515. The molecule has 1 saturated heterocycles. The van der Waals surface area contributed by atoms with Crippen LogP contribution in [0.5, 0.6) is 0 Å². The highest BCUT2D eigenvalue weighted by Gasteiger charge is 2.70. The van der Waals surface area contributed by atoms with Gasteiger partial charge in [0.25, 0.3) is 5.91 Å². The predicted molar refractivity (Wildman–Crippen MR) is 127 cm³/mol. The van der Waals surface area contributed by atoms with E-state index in [1.165, 1.54) is 29.2 Å². The zero-order valence-electron chi connectivity index (χ0n) is 20.6. The summed E-state index contributed by atoms with van der Waals surface area (Å²) >= 11 is 0. The monoisotopic (exact) mass is 572 g/mol. The van der Waals surface area contributed by atoms with E-state index in [0.29, 0.717) is 12.5 Å². The third-order valence-electron chi connectivity index (χ3n) is 8.39. The molecule has 0 radical (unpaired) electrons. The van der Waals surface area contributed by atoms with E-state index in [1.807, 2.05) is 0 Å². The molecule has 3 N–H and O–H groups in total. The molecule has 2 aromatic rings. The van der Waals surface area contributed by atoms with Crippen LogP contribution in [-0.2, 0) is 26.2 Å². The van der Waals surface area contributed by atoms with Crippen molar-refractivity contribution < 1.29 is 45.1 Å². The van der Waals surface area contributed by atoms with Gasteiger partial charge < -0.3 is 15.7 Å². The highest BCUT2D eigenvalue weighted by Crippen LogP contribution is 2.66. The fourth-order valence-corrected chi connectivity index (χ4v) is 7.26. The van der Waals surface area contributed by atoms with Crippen LogP contribution < -0.4 is 5.73 Å². The van der Waals surface area contributed by atoms with Crippen molar-refractivity contribution in [3.05, 3.63) is 64.7 Å². The number of hydrogen-bond acceptors (Lipinski definition) is 5. The number of fused-ring (bicyclic) bond motifs is 1. The molecule has 3 atom stereocenters. The number of amides is 2. The Morgan fingerprint density at radius 3 is 2.33 bits per heavy atom. The van der Waals surface area contributed by atoms with Crippen molar-refractivity contribution >= 4 is 21.7 Å². The highest BCUT2D eigenvalue weighted by molar-refractivity contribution is 7.90. The maximum Gasteiger partial charge on any atom is 0.419 e. The van der Waals surface area contributed by atoms with Crippen LogP contribution in [0.25, 0.3) is 0 Å².